The quantitative estimate of drug-likeness (QED) is 0.756. The van der Waals surface area contributed by atoms with E-state index in [1.54, 1.807) is 0 Å². The second-order valence-corrected chi connectivity index (χ2v) is 4.32. The first-order valence-electron chi connectivity index (χ1n) is 5.80. The van der Waals surface area contributed by atoms with Gasteiger partial charge in [0.05, 0.1) is 0 Å². The van der Waals surface area contributed by atoms with Crippen LogP contribution in [0.5, 0.6) is 0 Å². The molecule has 2 heteroatoms. The van der Waals surface area contributed by atoms with Gasteiger partial charge in [-0.05, 0) is 37.9 Å². The molecular formula is C13H20N2. The van der Waals surface area contributed by atoms with Gasteiger partial charge in [-0.1, -0.05) is 18.2 Å². The number of nitrogens with one attached hydrogen (secondary N) is 1. The molecule has 0 saturated heterocycles. The number of rotatable bonds is 1. The summed E-state index contributed by atoms with van der Waals surface area (Å²) in [6.45, 7) is 1.17. The summed E-state index contributed by atoms with van der Waals surface area (Å²) in [5.41, 5.74) is 2.83. The van der Waals surface area contributed by atoms with Crippen LogP contribution in [0.2, 0.25) is 0 Å². The van der Waals surface area contributed by atoms with E-state index < -0.39 is 0 Å². The number of fused-ring (bicyclic) bond motifs is 1. The average Bonchev–Trinajstić information content (AvgIpc) is 2.27. The van der Waals surface area contributed by atoms with Crippen molar-refractivity contribution >= 4 is 5.69 Å². The zero-order valence-electron chi connectivity index (χ0n) is 9.66. The third kappa shape index (κ3) is 2.15. The molecule has 2 rings (SSSR count). The lowest BCUT2D eigenvalue weighted by Gasteiger charge is -2.29. The van der Waals surface area contributed by atoms with Crippen molar-refractivity contribution < 1.29 is 0 Å². The maximum absolute atomic E-state index is 3.42. The first kappa shape index (κ1) is 10.5. The highest BCUT2D eigenvalue weighted by Crippen LogP contribution is 2.30. The van der Waals surface area contributed by atoms with Gasteiger partial charge in [-0.2, -0.15) is 0 Å². The normalized spacial score (nSPS) is 21.7. The van der Waals surface area contributed by atoms with Gasteiger partial charge in [-0.15, -0.1) is 0 Å². The van der Waals surface area contributed by atoms with E-state index in [4.69, 9.17) is 0 Å². The molecule has 0 aliphatic carbocycles. The third-order valence-electron chi connectivity index (χ3n) is 3.31. The molecular weight excluding hydrogens is 184 g/mol. The Morgan fingerprint density at radius 2 is 2.07 bits per heavy atom. The summed E-state index contributed by atoms with van der Waals surface area (Å²) >= 11 is 0. The number of anilines is 1. The molecule has 1 aliphatic heterocycles. The van der Waals surface area contributed by atoms with Gasteiger partial charge in [0, 0.05) is 25.3 Å². The van der Waals surface area contributed by atoms with Crippen LogP contribution in [0.4, 0.5) is 5.69 Å². The van der Waals surface area contributed by atoms with Gasteiger partial charge in [0.25, 0.3) is 0 Å². The number of hydrogen-bond donors (Lipinski definition) is 1. The third-order valence-corrected chi connectivity index (χ3v) is 3.31. The Bertz CT molecular complexity index is 322. The minimum Gasteiger partial charge on any atom is -0.374 e. The van der Waals surface area contributed by atoms with Crippen LogP contribution in [-0.2, 0) is 0 Å². The predicted octanol–water partition coefficient (Wildman–Crippen LogP) is 2.57. The number of hydrogen-bond acceptors (Lipinski definition) is 2. The maximum Gasteiger partial charge on any atom is 0.0412 e. The largest absolute Gasteiger partial charge is 0.374 e. The summed E-state index contributed by atoms with van der Waals surface area (Å²) in [5, 5.41) is 3.42. The van der Waals surface area contributed by atoms with Crippen molar-refractivity contribution in [2.75, 3.05) is 25.5 Å². The zero-order chi connectivity index (χ0) is 10.7. The molecule has 82 valence electrons. The van der Waals surface area contributed by atoms with Crippen molar-refractivity contribution in [1.29, 1.82) is 0 Å². The Morgan fingerprint density at radius 1 is 1.27 bits per heavy atom. The summed E-state index contributed by atoms with van der Waals surface area (Å²) in [6.07, 6.45) is 3.86. The Hall–Kier alpha value is -1.02. The van der Waals surface area contributed by atoms with Gasteiger partial charge in [0.15, 0.2) is 0 Å². The van der Waals surface area contributed by atoms with Crippen LogP contribution in [0.15, 0.2) is 24.3 Å². The smallest absolute Gasteiger partial charge is 0.0412 e. The van der Waals surface area contributed by atoms with Crippen LogP contribution in [0, 0.1) is 0 Å². The van der Waals surface area contributed by atoms with E-state index in [1.165, 1.54) is 37.1 Å². The summed E-state index contributed by atoms with van der Waals surface area (Å²) in [7, 11) is 4.25. The highest BCUT2D eigenvalue weighted by molar-refractivity contribution is 5.54. The fourth-order valence-corrected chi connectivity index (χ4v) is 2.40. The Morgan fingerprint density at radius 3 is 2.87 bits per heavy atom. The highest BCUT2D eigenvalue weighted by atomic mass is 15.1. The van der Waals surface area contributed by atoms with E-state index in [0.29, 0.717) is 6.04 Å². The molecule has 0 spiro atoms. The molecule has 1 N–H and O–H groups in total. The zero-order valence-corrected chi connectivity index (χ0v) is 9.66. The van der Waals surface area contributed by atoms with Crippen LogP contribution >= 0.6 is 0 Å². The SMILES string of the molecule is CNC1CCCCN(C)c2ccccc21. The molecule has 0 saturated carbocycles. The number of nitrogens with zero attached hydrogens (tertiary/aromatic N) is 1. The van der Waals surface area contributed by atoms with Crippen LogP contribution in [0.1, 0.15) is 30.9 Å². The number of benzene rings is 1. The fraction of sp³-hybridized carbons (Fsp3) is 0.538. The summed E-state index contributed by atoms with van der Waals surface area (Å²) in [5.74, 6) is 0. The molecule has 0 fully saturated rings. The molecule has 1 unspecified atom stereocenters. The molecule has 1 heterocycles. The van der Waals surface area contributed by atoms with E-state index in [1.807, 2.05) is 0 Å². The Labute approximate surface area is 92.3 Å². The molecule has 0 amide bonds. The maximum atomic E-state index is 3.42. The van der Waals surface area contributed by atoms with Crippen molar-refractivity contribution in [3.8, 4) is 0 Å². The number of para-hydroxylation sites is 1. The summed E-state index contributed by atoms with van der Waals surface area (Å²) < 4.78 is 0. The van der Waals surface area contributed by atoms with Crippen molar-refractivity contribution in [3.05, 3.63) is 29.8 Å². The monoisotopic (exact) mass is 204 g/mol. The van der Waals surface area contributed by atoms with E-state index in [9.17, 15) is 0 Å². The van der Waals surface area contributed by atoms with Gasteiger partial charge in [0.2, 0.25) is 0 Å². The molecule has 1 aromatic carbocycles. The van der Waals surface area contributed by atoms with Gasteiger partial charge < -0.3 is 10.2 Å². The van der Waals surface area contributed by atoms with E-state index in [2.05, 4.69) is 48.6 Å². The Balaban J connectivity index is 2.38. The second-order valence-electron chi connectivity index (χ2n) is 4.32. The lowest BCUT2D eigenvalue weighted by Crippen LogP contribution is -2.26. The van der Waals surface area contributed by atoms with Crippen molar-refractivity contribution in [3.63, 3.8) is 0 Å². The van der Waals surface area contributed by atoms with Gasteiger partial charge in [-0.25, -0.2) is 0 Å². The molecule has 1 aromatic rings. The van der Waals surface area contributed by atoms with E-state index >= 15 is 0 Å². The van der Waals surface area contributed by atoms with E-state index in [0.717, 1.165) is 0 Å². The predicted molar refractivity (Wildman–Crippen MR) is 65.4 cm³/mol. The second kappa shape index (κ2) is 4.67. The molecule has 0 aromatic heterocycles. The molecule has 0 radical (unpaired) electrons. The molecule has 2 nitrogen and oxygen atoms in total. The van der Waals surface area contributed by atoms with Crippen LogP contribution in [0.25, 0.3) is 0 Å². The Kier molecular flexibility index (Phi) is 3.27. The fourth-order valence-electron chi connectivity index (χ4n) is 2.40. The van der Waals surface area contributed by atoms with Gasteiger partial charge in [0.1, 0.15) is 0 Å². The summed E-state index contributed by atoms with van der Waals surface area (Å²) in [6, 6.07) is 9.26. The first-order chi connectivity index (χ1) is 7.33. The summed E-state index contributed by atoms with van der Waals surface area (Å²) in [4.78, 5) is 2.37. The van der Waals surface area contributed by atoms with Gasteiger partial charge in [-0.3, -0.25) is 0 Å². The minimum absolute atomic E-state index is 0.518. The lowest BCUT2D eigenvalue weighted by atomic mass is 9.96. The molecule has 15 heavy (non-hydrogen) atoms. The van der Waals surface area contributed by atoms with Crippen molar-refractivity contribution in [2.45, 2.75) is 25.3 Å². The first-order valence-corrected chi connectivity index (χ1v) is 5.80. The average molecular weight is 204 g/mol. The highest BCUT2D eigenvalue weighted by Gasteiger charge is 2.17. The van der Waals surface area contributed by atoms with E-state index in [-0.39, 0.29) is 0 Å². The molecule has 0 bridgehead atoms. The van der Waals surface area contributed by atoms with Gasteiger partial charge >= 0.3 is 0 Å². The van der Waals surface area contributed by atoms with Crippen LogP contribution in [-0.4, -0.2) is 20.6 Å². The van der Waals surface area contributed by atoms with Crippen LogP contribution in [0.3, 0.4) is 0 Å². The molecule has 1 atom stereocenters. The standard InChI is InChI=1S/C13H20N2/c1-14-12-8-5-6-10-15(2)13-9-4-3-7-11(12)13/h3-4,7,9,12,14H,5-6,8,10H2,1-2H3. The van der Waals surface area contributed by atoms with Crippen LogP contribution < -0.4 is 10.2 Å². The molecule has 1 aliphatic rings. The van der Waals surface area contributed by atoms with Crippen molar-refractivity contribution in [2.24, 2.45) is 0 Å². The lowest BCUT2D eigenvalue weighted by molar-refractivity contribution is 0.504. The minimum atomic E-state index is 0.518. The van der Waals surface area contributed by atoms with Crippen molar-refractivity contribution in [1.82, 2.24) is 5.32 Å². The topological polar surface area (TPSA) is 15.3 Å².